The van der Waals surface area contributed by atoms with Gasteiger partial charge in [-0.15, -0.1) is 0 Å². The van der Waals surface area contributed by atoms with E-state index in [1.54, 1.807) is 12.0 Å². The summed E-state index contributed by atoms with van der Waals surface area (Å²) in [4.78, 5) is 13.3. The number of ether oxygens (including phenoxy) is 1. The highest BCUT2D eigenvalue weighted by Crippen LogP contribution is 2.26. The van der Waals surface area contributed by atoms with Crippen molar-refractivity contribution in [1.82, 2.24) is 4.90 Å². The third kappa shape index (κ3) is 2.69. The summed E-state index contributed by atoms with van der Waals surface area (Å²) in [5.41, 5.74) is 0. The molecule has 3 heteroatoms. The second-order valence-corrected chi connectivity index (χ2v) is 3.94. The predicted molar refractivity (Wildman–Crippen MR) is 51.4 cm³/mol. The molecule has 0 spiro atoms. The molecule has 1 fully saturated rings. The first-order chi connectivity index (χ1) is 6.15. The number of nitrogens with zero attached hydrogens (tertiary/aromatic N) is 1. The van der Waals surface area contributed by atoms with E-state index >= 15 is 0 Å². The van der Waals surface area contributed by atoms with Gasteiger partial charge in [-0.25, -0.2) is 0 Å². The van der Waals surface area contributed by atoms with Gasteiger partial charge in [0.15, 0.2) is 0 Å². The van der Waals surface area contributed by atoms with E-state index in [1.807, 2.05) is 14.1 Å². The Hall–Kier alpha value is -0.570. The van der Waals surface area contributed by atoms with Crippen molar-refractivity contribution >= 4 is 5.91 Å². The van der Waals surface area contributed by atoms with Crippen molar-refractivity contribution in [2.45, 2.75) is 31.8 Å². The van der Waals surface area contributed by atoms with Crippen molar-refractivity contribution in [3.05, 3.63) is 0 Å². The lowest BCUT2D eigenvalue weighted by Gasteiger charge is -2.28. The van der Waals surface area contributed by atoms with Crippen molar-refractivity contribution in [2.75, 3.05) is 21.2 Å². The van der Waals surface area contributed by atoms with Crippen LogP contribution < -0.4 is 0 Å². The third-order valence-corrected chi connectivity index (χ3v) is 2.80. The van der Waals surface area contributed by atoms with E-state index in [-0.39, 0.29) is 11.8 Å². The first-order valence-corrected chi connectivity index (χ1v) is 4.89. The summed E-state index contributed by atoms with van der Waals surface area (Å²) in [6, 6.07) is 0. The Labute approximate surface area is 80.1 Å². The van der Waals surface area contributed by atoms with Crippen LogP contribution in [0.25, 0.3) is 0 Å². The monoisotopic (exact) mass is 185 g/mol. The standard InChI is InChI=1S/C10H19NO2/c1-11(2)10(12)8-4-6-9(13-3)7-5-8/h8-9H,4-7H2,1-3H3. The Kier molecular flexibility index (Phi) is 3.72. The molecule has 0 radical (unpaired) electrons. The zero-order chi connectivity index (χ0) is 9.84. The van der Waals surface area contributed by atoms with Gasteiger partial charge in [-0.1, -0.05) is 0 Å². The molecule has 0 atom stereocenters. The summed E-state index contributed by atoms with van der Waals surface area (Å²) in [5, 5.41) is 0. The van der Waals surface area contributed by atoms with Crippen LogP contribution in [-0.2, 0) is 9.53 Å². The van der Waals surface area contributed by atoms with Crippen LogP contribution in [0.4, 0.5) is 0 Å². The van der Waals surface area contributed by atoms with Crippen LogP contribution in [0.15, 0.2) is 0 Å². The Morgan fingerprint density at radius 1 is 1.23 bits per heavy atom. The van der Waals surface area contributed by atoms with Crippen molar-refractivity contribution < 1.29 is 9.53 Å². The highest BCUT2D eigenvalue weighted by Gasteiger charge is 2.26. The van der Waals surface area contributed by atoms with Gasteiger partial charge in [-0.05, 0) is 25.7 Å². The number of carbonyl (C=O) groups excluding carboxylic acids is 1. The van der Waals surface area contributed by atoms with Gasteiger partial charge in [-0.2, -0.15) is 0 Å². The fourth-order valence-corrected chi connectivity index (χ4v) is 1.91. The fourth-order valence-electron chi connectivity index (χ4n) is 1.91. The SMILES string of the molecule is COC1CCC(C(=O)N(C)C)CC1. The second kappa shape index (κ2) is 4.61. The minimum Gasteiger partial charge on any atom is -0.381 e. The van der Waals surface area contributed by atoms with Gasteiger partial charge in [-0.3, -0.25) is 4.79 Å². The van der Waals surface area contributed by atoms with E-state index in [1.165, 1.54) is 0 Å². The minimum atomic E-state index is 0.237. The van der Waals surface area contributed by atoms with Gasteiger partial charge in [0, 0.05) is 27.1 Å². The molecule has 0 aromatic rings. The van der Waals surface area contributed by atoms with Crippen LogP contribution in [0.2, 0.25) is 0 Å². The number of hydrogen-bond acceptors (Lipinski definition) is 2. The number of rotatable bonds is 2. The van der Waals surface area contributed by atoms with Gasteiger partial charge in [0.25, 0.3) is 0 Å². The molecule has 0 N–H and O–H groups in total. The topological polar surface area (TPSA) is 29.5 Å². The van der Waals surface area contributed by atoms with Crippen LogP contribution in [0.3, 0.4) is 0 Å². The molecule has 13 heavy (non-hydrogen) atoms. The first kappa shape index (κ1) is 10.5. The minimum absolute atomic E-state index is 0.237. The molecule has 1 rings (SSSR count). The van der Waals surface area contributed by atoms with Crippen molar-refractivity contribution in [1.29, 1.82) is 0 Å². The average molecular weight is 185 g/mol. The van der Waals surface area contributed by atoms with Crippen LogP contribution in [0.1, 0.15) is 25.7 Å². The van der Waals surface area contributed by atoms with Crippen LogP contribution in [0, 0.1) is 5.92 Å². The lowest BCUT2D eigenvalue weighted by molar-refractivity contribution is -0.134. The van der Waals surface area contributed by atoms with E-state index in [0.29, 0.717) is 6.10 Å². The Balaban J connectivity index is 2.36. The summed E-state index contributed by atoms with van der Waals surface area (Å²) in [5.74, 6) is 0.510. The highest BCUT2D eigenvalue weighted by atomic mass is 16.5. The van der Waals surface area contributed by atoms with E-state index in [0.717, 1.165) is 25.7 Å². The summed E-state index contributed by atoms with van der Waals surface area (Å²) < 4.78 is 5.25. The average Bonchev–Trinajstić information content (AvgIpc) is 2.17. The molecule has 0 aliphatic heterocycles. The van der Waals surface area contributed by atoms with Crippen LogP contribution >= 0.6 is 0 Å². The fraction of sp³-hybridized carbons (Fsp3) is 0.900. The predicted octanol–water partition coefficient (Wildman–Crippen LogP) is 1.28. The van der Waals surface area contributed by atoms with Gasteiger partial charge < -0.3 is 9.64 Å². The van der Waals surface area contributed by atoms with Crippen LogP contribution in [-0.4, -0.2) is 38.1 Å². The maximum Gasteiger partial charge on any atom is 0.225 e. The molecule has 0 aromatic carbocycles. The maximum atomic E-state index is 11.6. The number of methoxy groups -OCH3 is 1. The molecule has 0 unspecified atom stereocenters. The number of amides is 1. The first-order valence-electron chi connectivity index (χ1n) is 4.89. The van der Waals surface area contributed by atoms with Crippen molar-refractivity contribution in [2.24, 2.45) is 5.92 Å². The van der Waals surface area contributed by atoms with Gasteiger partial charge in [0.1, 0.15) is 0 Å². The summed E-state index contributed by atoms with van der Waals surface area (Å²) in [6.45, 7) is 0. The highest BCUT2D eigenvalue weighted by molar-refractivity contribution is 5.78. The molecular weight excluding hydrogens is 166 g/mol. The maximum absolute atomic E-state index is 11.6. The molecule has 0 heterocycles. The van der Waals surface area contributed by atoms with Gasteiger partial charge >= 0.3 is 0 Å². The molecule has 1 amide bonds. The molecule has 76 valence electrons. The zero-order valence-electron chi connectivity index (χ0n) is 8.75. The summed E-state index contributed by atoms with van der Waals surface area (Å²) in [6.07, 6.45) is 4.40. The smallest absolute Gasteiger partial charge is 0.225 e. The molecular formula is C10H19NO2. The third-order valence-electron chi connectivity index (χ3n) is 2.80. The van der Waals surface area contributed by atoms with Gasteiger partial charge in [0.2, 0.25) is 5.91 Å². The molecule has 1 aliphatic rings. The van der Waals surface area contributed by atoms with E-state index < -0.39 is 0 Å². The number of hydrogen-bond donors (Lipinski definition) is 0. The van der Waals surface area contributed by atoms with E-state index in [2.05, 4.69) is 0 Å². The van der Waals surface area contributed by atoms with Crippen molar-refractivity contribution in [3.8, 4) is 0 Å². The molecule has 0 saturated heterocycles. The molecule has 0 bridgehead atoms. The van der Waals surface area contributed by atoms with Gasteiger partial charge in [0.05, 0.1) is 6.10 Å². The normalized spacial score (nSPS) is 28.5. The van der Waals surface area contributed by atoms with Crippen LogP contribution in [0.5, 0.6) is 0 Å². The molecule has 1 aliphatic carbocycles. The lowest BCUT2D eigenvalue weighted by Crippen LogP contribution is -2.33. The Bertz CT molecular complexity index is 172. The second-order valence-electron chi connectivity index (χ2n) is 3.94. The molecule has 3 nitrogen and oxygen atoms in total. The molecule has 1 saturated carbocycles. The largest absolute Gasteiger partial charge is 0.381 e. The summed E-state index contributed by atoms with van der Waals surface area (Å²) >= 11 is 0. The van der Waals surface area contributed by atoms with E-state index in [9.17, 15) is 4.79 Å². The van der Waals surface area contributed by atoms with Crippen molar-refractivity contribution in [3.63, 3.8) is 0 Å². The quantitative estimate of drug-likeness (QED) is 0.648. The lowest BCUT2D eigenvalue weighted by atomic mass is 9.86. The molecule has 0 aromatic heterocycles. The Morgan fingerprint density at radius 2 is 1.77 bits per heavy atom. The zero-order valence-corrected chi connectivity index (χ0v) is 8.75. The Morgan fingerprint density at radius 3 is 2.15 bits per heavy atom. The van der Waals surface area contributed by atoms with E-state index in [4.69, 9.17) is 4.74 Å². The number of carbonyl (C=O) groups is 1. The summed E-state index contributed by atoms with van der Waals surface area (Å²) in [7, 11) is 5.40.